The van der Waals surface area contributed by atoms with Crippen LogP contribution in [-0.4, -0.2) is 27.3 Å². The molecule has 3 aromatic heterocycles. The summed E-state index contributed by atoms with van der Waals surface area (Å²) >= 11 is 0. The standard InChI is InChI=1S/C21H20N4O3/c1-4-27-17-9-6-5-8-15(17)23-21(26)14-12-16(18-10-7-11-28-18)22-20-19(14)13(2)24-25(20)3/h5-12H,4H2,1-3H3,(H,23,26). The molecule has 1 N–H and O–H groups in total. The Bertz CT molecular complexity index is 1150. The Kier molecular flexibility index (Phi) is 4.57. The average Bonchev–Trinajstić information content (AvgIpc) is 3.32. The third kappa shape index (κ3) is 3.11. The molecule has 0 spiro atoms. The van der Waals surface area contributed by atoms with Crippen molar-refractivity contribution in [2.75, 3.05) is 11.9 Å². The van der Waals surface area contributed by atoms with Crippen LogP contribution in [0.3, 0.4) is 0 Å². The summed E-state index contributed by atoms with van der Waals surface area (Å²) in [6.45, 7) is 4.28. The van der Waals surface area contributed by atoms with Crippen LogP contribution in [0.15, 0.2) is 53.1 Å². The lowest BCUT2D eigenvalue weighted by Crippen LogP contribution is -2.14. The van der Waals surface area contributed by atoms with Crippen LogP contribution in [-0.2, 0) is 7.05 Å². The van der Waals surface area contributed by atoms with Gasteiger partial charge in [0, 0.05) is 7.05 Å². The maximum atomic E-state index is 13.2. The zero-order valence-corrected chi connectivity index (χ0v) is 15.9. The molecular formula is C21H20N4O3. The summed E-state index contributed by atoms with van der Waals surface area (Å²) in [7, 11) is 1.81. The summed E-state index contributed by atoms with van der Waals surface area (Å²) in [4.78, 5) is 17.8. The van der Waals surface area contributed by atoms with E-state index in [1.807, 2.05) is 44.2 Å². The van der Waals surface area contributed by atoms with Crippen molar-refractivity contribution in [1.29, 1.82) is 0 Å². The van der Waals surface area contributed by atoms with E-state index in [0.29, 0.717) is 46.1 Å². The van der Waals surface area contributed by atoms with Gasteiger partial charge in [-0.1, -0.05) is 12.1 Å². The van der Waals surface area contributed by atoms with Crippen LogP contribution in [0.5, 0.6) is 5.75 Å². The molecular weight excluding hydrogens is 356 g/mol. The molecule has 0 saturated heterocycles. The van der Waals surface area contributed by atoms with Gasteiger partial charge < -0.3 is 14.5 Å². The molecule has 7 heteroatoms. The largest absolute Gasteiger partial charge is 0.492 e. The fourth-order valence-electron chi connectivity index (χ4n) is 3.22. The minimum atomic E-state index is -0.261. The summed E-state index contributed by atoms with van der Waals surface area (Å²) < 4.78 is 12.8. The molecule has 0 aliphatic heterocycles. The van der Waals surface area contributed by atoms with Crippen LogP contribution in [0.1, 0.15) is 23.0 Å². The number of hydrogen-bond donors (Lipinski definition) is 1. The van der Waals surface area contributed by atoms with Gasteiger partial charge in [0.15, 0.2) is 11.4 Å². The van der Waals surface area contributed by atoms with Crippen LogP contribution < -0.4 is 10.1 Å². The first-order valence-corrected chi connectivity index (χ1v) is 9.00. The summed E-state index contributed by atoms with van der Waals surface area (Å²) in [6, 6.07) is 12.7. The van der Waals surface area contributed by atoms with E-state index in [1.165, 1.54) is 0 Å². The van der Waals surface area contributed by atoms with Crippen LogP contribution in [0, 0.1) is 6.92 Å². The van der Waals surface area contributed by atoms with Gasteiger partial charge in [0.2, 0.25) is 0 Å². The van der Waals surface area contributed by atoms with E-state index < -0.39 is 0 Å². The molecule has 1 amide bonds. The highest BCUT2D eigenvalue weighted by Crippen LogP contribution is 2.29. The zero-order chi connectivity index (χ0) is 19.7. The molecule has 0 radical (unpaired) electrons. The Balaban J connectivity index is 1.82. The maximum Gasteiger partial charge on any atom is 0.256 e. The van der Waals surface area contributed by atoms with Crippen molar-refractivity contribution < 1.29 is 13.9 Å². The average molecular weight is 376 g/mol. The number of benzene rings is 1. The minimum absolute atomic E-state index is 0.261. The summed E-state index contributed by atoms with van der Waals surface area (Å²) in [6.07, 6.45) is 1.58. The molecule has 4 rings (SSSR count). The maximum absolute atomic E-state index is 13.2. The van der Waals surface area contributed by atoms with E-state index in [4.69, 9.17) is 9.15 Å². The minimum Gasteiger partial charge on any atom is -0.492 e. The smallest absolute Gasteiger partial charge is 0.256 e. The quantitative estimate of drug-likeness (QED) is 0.565. The number of para-hydroxylation sites is 2. The van der Waals surface area contributed by atoms with E-state index in [-0.39, 0.29) is 5.91 Å². The number of aromatic nitrogens is 3. The molecule has 3 heterocycles. The molecule has 0 atom stereocenters. The van der Waals surface area contributed by atoms with Crippen molar-refractivity contribution in [1.82, 2.24) is 14.8 Å². The molecule has 0 bridgehead atoms. The Morgan fingerprint density at radius 1 is 1.25 bits per heavy atom. The highest BCUT2D eigenvalue weighted by atomic mass is 16.5. The lowest BCUT2D eigenvalue weighted by atomic mass is 10.1. The Morgan fingerprint density at radius 2 is 2.07 bits per heavy atom. The van der Waals surface area contributed by atoms with Crippen LogP contribution in [0.2, 0.25) is 0 Å². The van der Waals surface area contributed by atoms with Gasteiger partial charge in [-0.05, 0) is 44.2 Å². The summed E-state index contributed by atoms with van der Waals surface area (Å²) in [5, 5.41) is 8.09. The van der Waals surface area contributed by atoms with Crippen molar-refractivity contribution in [3.63, 3.8) is 0 Å². The van der Waals surface area contributed by atoms with Crippen molar-refractivity contribution in [3.05, 3.63) is 60.0 Å². The van der Waals surface area contributed by atoms with Gasteiger partial charge >= 0.3 is 0 Å². The Morgan fingerprint density at radius 3 is 2.82 bits per heavy atom. The monoisotopic (exact) mass is 376 g/mol. The molecule has 28 heavy (non-hydrogen) atoms. The predicted octanol–water partition coefficient (Wildman–Crippen LogP) is 4.19. The fraction of sp³-hybridized carbons (Fsp3) is 0.190. The van der Waals surface area contributed by atoms with Gasteiger partial charge in [-0.2, -0.15) is 5.10 Å². The molecule has 7 nitrogen and oxygen atoms in total. The SMILES string of the molecule is CCOc1ccccc1NC(=O)c1cc(-c2ccco2)nc2c1c(C)nn2C. The number of anilines is 1. The third-order valence-electron chi connectivity index (χ3n) is 4.42. The number of carbonyl (C=O) groups excluding carboxylic acids is 1. The topological polar surface area (TPSA) is 82.2 Å². The second-order valence-corrected chi connectivity index (χ2v) is 6.32. The molecule has 0 fully saturated rings. The van der Waals surface area contributed by atoms with Crippen molar-refractivity contribution in [2.24, 2.45) is 7.05 Å². The van der Waals surface area contributed by atoms with Crippen molar-refractivity contribution in [3.8, 4) is 17.2 Å². The van der Waals surface area contributed by atoms with Gasteiger partial charge in [0.25, 0.3) is 5.91 Å². The molecule has 0 saturated carbocycles. The number of furan rings is 1. The highest BCUT2D eigenvalue weighted by molar-refractivity contribution is 6.13. The third-order valence-corrected chi connectivity index (χ3v) is 4.42. The first kappa shape index (κ1) is 17.8. The van der Waals surface area contributed by atoms with Crippen molar-refractivity contribution in [2.45, 2.75) is 13.8 Å². The number of hydrogen-bond acceptors (Lipinski definition) is 5. The predicted molar refractivity (Wildman–Crippen MR) is 107 cm³/mol. The van der Waals surface area contributed by atoms with E-state index in [2.05, 4.69) is 15.4 Å². The van der Waals surface area contributed by atoms with Crippen LogP contribution >= 0.6 is 0 Å². The highest BCUT2D eigenvalue weighted by Gasteiger charge is 2.21. The van der Waals surface area contributed by atoms with Crippen LogP contribution in [0.25, 0.3) is 22.5 Å². The molecule has 0 aliphatic rings. The molecule has 4 aromatic rings. The van der Waals surface area contributed by atoms with Gasteiger partial charge in [-0.3, -0.25) is 9.48 Å². The first-order valence-electron chi connectivity index (χ1n) is 9.00. The molecule has 1 aromatic carbocycles. The Labute approximate surface area is 161 Å². The van der Waals surface area contributed by atoms with Gasteiger partial charge in [0.05, 0.1) is 35.2 Å². The van der Waals surface area contributed by atoms with E-state index in [0.717, 1.165) is 5.69 Å². The van der Waals surface area contributed by atoms with Gasteiger partial charge in [-0.15, -0.1) is 0 Å². The molecule has 0 aliphatic carbocycles. The number of carbonyl (C=O) groups is 1. The van der Waals surface area contributed by atoms with Gasteiger partial charge in [0.1, 0.15) is 11.4 Å². The number of amides is 1. The Hall–Kier alpha value is -3.61. The van der Waals surface area contributed by atoms with E-state index in [9.17, 15) is 4.79 Å². The number of ether oxygens (including phenoxy) is 1. The summed E-state index contributed by atoms with van der Waals surface area (Å²) in [5.41, 5.74) is 3.02. The number of pyridine rings is 1. The lowest BCUT2D eigenvalue weighted by molar-refractivity contribution is 0.102. The number of rotatable bonds is 5. The number of aryl methyl sites for hydroxylation is 2. The van der Waals surface area contributed by atoms with Gasteiger partial charge in [-0.25, -0.2) is 4.98 Å². The van der Waals surface area contributed by atoms with Crippen LogP contribution in [0.4, 0.5) is 5.69 Å². The zero-order valence-electron chi connectivity index (χ0n) is 15.9. The number of nitrogens with one attached hydrogen (secondary N) is 1. The second-order valence-electron chi connectivity index (χ2n) is 6.32. The second kappa shape index (κ2) is 7.19. The lowest BCUT2D eigenvalue weighted by Gasteiger charge is -2.12. The van der Waals surface area contributed by atoms with Crippen molar-refractivity contribution >= 4 is 22.6 Å². The van der Waals surface area contributed by atoms with E-state index >= 15 is 0 Å². The van der Waals surface area contributed by atoms with E-state index in [1.54, 1.807) is 30.1 Å². The molecule has 0 unspecified atom stereocenters. The summed E-state index contributed by atoms with van der Waals surface area (Å²) in [5.74, 6) is 0.950. The normalized spacial score (nSPS) is 11.0. The first-order chi connectivity index (χ1) is 13.6. The number of fused-ring (bicyclic) bond motifs is 1. The number of nitrogens with zero attached hydrogens (tertiary/aromatic N) is 3. The fourth-order valence-corrected chi connectivity index (χ4v) is 3.22. The molecule has 142 valence electrons.